The molecule has 1 unspecified atom stereocenters. The van der Waals surface area contributed by atoms with Crippen molar-refractivity contribution in [3.8, 4) is 11.3 Å². The third-order valence-corrected chi connectivity index (χ3v) is 3.79. The first-order chi connectivity index (χ1) is 11.9. The summed E-state index contributed by atoms with van der Waals surface area (Å²) in [4.78, 5) is 24.1. The predicted octanol–water partition coefficient (Wildman–Crippen LogP) is 2.55. The minimum absolute atomic E-state index is 0.0444. The summed E-state index contributed by atoms with van der Waals surface area (Å²) in [6.45, 7) is 3.63. The van der Waals surface area contributed by atoms with Gasteiger partial charge in [-0.3, -0.25) is 9.59 Å². The Morgan fingerprint density at radius 2 is 2.00 bits per heavy atom. The van der Waals surface area contributed by atoms with E-state index in [-0.39, 0.29) is 24.3 Å². The minimum Gasteiger partial charge on any atom is -0.464 e. The Bertz CT molecular complexity index is 729. The molecule has 2 aromatic rings. The maximum atomic E-state index is 13.9. The van der Waals surface area contributed by atoms with Gasteiger partial charge >= 0.3 is 11.8 Å². The van der Waals surface area contributed by atoms with Crippen LogP contribution in [0.3, 0.4) is 0 Å². The third kappa shape index (κ3) is 4.90. The number of hydrogen-bond donors (Lipinski definition) is 3. The molecular weight excluding hydrogens is 327 g/mol. The SMILES string of the molecule is CC(C)C(CCO)NC(=O)C(=O)Nc1cc(-c2ccco2)ccc1F. The second-order valence-corrected chi connectivity index (χ2v) is 5.96. The number of anilines is 1. The molecule has 0 spiro atoms. The Morgan fingerprint density at radius 1 is 1.24 bits per heavy atom. The molecule has 0 aliphatic rings. The van der Waals surface area contributed by atoms with Gasteiger partial charge in [0.15, 0.2) is 0 Å². The van der Waals surface area contributed by atoms with Gasteiger partial charge in [-0.25, -0.2) is 4.39 Å². The Morgan fingerprint density at radius 3 is 2.60 bits per heavy atom. The van der Waals surface area contributed by atoms with Crippen molar-refractivity contribution in [3.63, 3.8) is 0 Å². The highest BCUT2D eigenvalue weighted by molar-refractivity contribution is 6.39. The number of carbonyl (C=O) groups excluding carboxylic acids is 2. The number of furan rings is 1. The first-order valence-corrected chi connectivity index (χ1v) is 7.98. The van der Waals surface area contributed by atoms with Crippen molar-refractivity contribution in [2.75, 3.05) is 11.9 Å². The van der Waals surface area contributed by atoms with Gasteiger partial charge in [-0.1, -0.05) is 13.8 Å². The van der Waals surface area contributed by atoms with E-state index in [0.29, 0.717) is 17.7 Å². The first kappa shape index (κ1) is 18.7. The zero-order valence-electron chi connectivity index (χ0n) is 14.1. The molecule has 25 heavy (non-hydrogen) atoms. The Balaban J connectivity index is 2.09. The van der Waals surface area contributed by atoms with E-state index in [2.05, 4.69) is 10.6 Å². The van der Waals surface area contributed by atoms with Gasteiger partial charge in [0.25, 0.3) is 0 Å². The van der Waals surface area contributed by atoms with Crippen LogP contribution in [0.25, 0.3) is 11.3 Å². The lowest BCUT2D eigenvalue weighted by atomic mass is 10.0. The molecule has 0 aliphatic carbocycles. The van der Waals surface area contributed by atoms with Gasteiger partial charge in [-0.05, 0) is 42.7 Å². The molecule has 134 valence electrons. The highest BCUT2D eigenvalue weighted by Crippen LogP contribution is 2.25. The predicted molar refractivity (Wildman–Crippen MR) is 91.2 cm³/mol. The van der Waals surface area contributed by atoms with Crippen molar-refractivity contribution in [1.82, 2.24) is 5.32 Å². The van der Waals surface area contributed by atoms with E-state index < -0.39 is 17.6 Å². The second kappa shape index (κ2) is 8.43. The summed E-state index contributed by atoms with van der Waals surface area (Å²) in [5.41, 5.74) is 0.458. The molecule has 0 bridgehead atoms. The van der Waals surface area contributed by atoms with Crippen LogP contribution in [-0.4, -0.2) is 29.6 Å². The van der Waals surface area contributed by atoms with Crippen LogP contribution in [0.1, 0.15) is 20.3 Å². The number of aliphatic hydroxyl groups is 1. The van der Waals surface area contributed by atoms with Crippen LogP contribution in [0.4, 0.5) is 10.1 Å². The lowest BCUT2D eigenvalue weighted by Gasteiger charge is -2.21. The Kier molecular flexibility index (Phi) is 6.30. The molecule has 1 aromatic heterocycles. The summed E-state index contributed by atoms with van der Waals surface area (Å²) < 4.78 is 19.2. The van der Waals surface area contributed by atoms with Crippen LogP contribution in [0, 0.1) is 11.7 Å². The molecule has 0 saturated carbocycles. The van der Waals surface area contributed by atoms with Crippen LogP contribution in [-0.2, 0) is 9.59 Å². The maximum absolute atomic E-state index is 13.9. The van der Waals surface area contributed by atoms with Gasteiger partial charge in [0, 0.05) is 18.2 Å². The molecule has 2 rings (SSSR count). The number of nitrogens with one attached hydrogen (secondary N) is 2. The average molecular weight is 348 g/mol. The quantitative estimate of drug-likeness (QED) is 0.700. The summed E-state index contributed by atoms with van der Waals surface area (Å²) in [5.74, 6) is -1.95. The van der Waals surface area contributed by atoms with Crippen molar-refractivity contribution >= 4 is 17.5 Å². The van der Waals surface area contributed by atoms with E-state index in [9.17, 15) is 14.0 Å². The highest BCUT2D eigenvalue weighted by atomic mass is 19.1. The monoisotopic (exact) mass is 348 g/mol. The van der Waals surface area contributed by atoms with E-state index >= 15 is 0 Å². The van der Waals surface area contributed by atoms with E-state index in [1.54, 1.807) is 12.1 Å². The molecular formula is C18H21FN2O4. The van der Waals surface area contributed by atoms with Crippen LogP contribution >= 0.6 is 0 Å². The summed E-state index contributed by atoms with van der Waals surface area (Å²) in [5, 5.41) is 13.8. The number of rotatable bonds is 6. The summed E-state index contributed by atoms with van der Waals surface area (Å²) in [6, 6.07) is 7.15. The van der Waals surface area contributed by atoms with Crippen LogP contribution in [0.15, 0.2) is 41.0 Å². The highest BCUT2D eigenvalue weighted by Gasteiger charge is 2.21. The van der Waals surface area contributed by atoms with E-state index in [1.807, 2.05) is 13.8 Å². The van der Waals surface area contributed by atoms with Gasteiger partial charge in [0.05, 0.1) is 12.0 Å². The zero-order valence-corrected chi connectivity index (χ0v) is 14.1. The second-order valence-electron chi connectivity index (χ2n) is 5.96. The van der Waals surface area contributed by atoms with Crippen molar-refractivity contribution < 1.29 is 23.5 Å². The summed E-state index contributed by atoms with van der Waals surface area (Å²) in [7, 11) is 0. The molecule has 1 heterocycles. The lowest BCUT2D eigenvalue weighted by molar-refractivity contribution is -0.136. The largest absolute Gasteiger partial charge is 0.464 e. The number of benzene rings is 1. The Hall–Kier alpha value is -2.67. The lowest BCUT2D eigenvalue weighted by Crippen LogP contribution is -2.44. The van der Waals surface area contributed by atoms with Crippen molar-refractivity contribution in [2.45, 2.75) is 26.3 Å². The molecule has 1 atom stereocenters. The standard InChI is InChI=1S/C18H21FN2O4/c1-11(2)14(7-8-22)20-17(23)18(24)21-15-10-12(5-6-13(15)19)16-4-3-9-25-16/h3-6,9-11,14,22H,7-8H2,1-2H3,(H,20,23)(H,21,24). The van der Waals surface area contributed by atoms with Crippen molar-refractivity contribution in [2.24, 2.45) is 5.92 Å². The van der Waals surface area contributed by atoms with Crippen molar-refractivity contribution in [1.29, 1.82) is 0 Å². The molecule has 0 saturated heterocycles. The fourth-order valence-electron chi connectivity index (χ4n) is 2.34. The van der Waals surface area contributed by atoms with E-state index in [4.69, 9.17) is 9.52 Å². The normalized spacial score (nSPS) is 12.0. The molecule has 6 nitrogen and oxygen atoms in total. The molecule has 0 radical (unpaired) electrons. The number of aliphatic hydroxyl groups excluding tert-OH is 1. The molecule has 1 aromatic carbocycles. The van der Waals surface area contributed by atoms with Crippen LogP contribution in [0.2, 0.25) is 0 Å². The zero-order chi connectivity index (χ0) is 18.4. The molecule has 0 fully saturated rings. The van der Waals surface area contributed by atoms with Gasteiger partial charge in [-0.2, -0.15) is 0 Å². The van der Waals surface area contributed by atoms with Crippen molar-refractivity contribution in [3.05, 3.63) is 42.4 Å². The fraction of sp³-hybridized carbons (Fsp3) is 0.333. The third-order valence-electron chi connectivity index (χ3n) is 3.79. The smallest absolute Gasteiger partial charge is 0.313 e. The molecule has 0 aliphatic heterocycles. The number of amides is 2. The minimum atomic E-state index is -0.973. The summed E-state index contributed by atoms with van der Waals surface area (Å²) in [6.07, 6.45) is 1.82. The summed E-state index contributed by atoms with van der Waals surface area (Å²) >= 11 is 0. The van der Waals surface area contributed by atoms with Gasteiger partial charge in [0.1, 0.15) is 11.6 Å². The molecule has 2 amide bonds. The van der Waals surface area contributed by atoms with Gasteiger partial charge in [-0.15, -0.1) is 0 Å². The molecule has 7 heteroatoms. The number of halogens is 1. The van der Waals surface area contributed by atoms with E-state index in [0.717, 1.165) is 0 Å². The topological polar surface area (TPSA) is 91.6 Å². The maximum Gasteiger partial charge on any atom is 0.313 e. The number of hydrogen-bond acceptors (Lipinski definition) is 4. The van der Waals surface area contributed by atoms with Crippen LogP contribution < -0.4 is 10.6 Å². The van der Waals surface area contributed by atoms with E-state index in [1.165, 1.54) is 24.5 Å². The van der Waals surface area contributed by atoms with Gasteiger partial charge in [0.2, 0.25) is 0 Å². The average Bonchev–Trinajstić information content (AvgIpc) is 3.10. The fourth-order valence-corrected chi connectivity index (χ4v) is 2.34. The Labute approximate surface area is 145 Å². The van der Waals surface area contributed by atoms with Crippen LogP contribution in [0.5, 0.6) is 0 Å². The number of carbonyl (C=O) groups is 2. The first-order valence-electron chi connectivity index (χ1n) is 7.98. The molecule has 3 N–H and O–H groups in total. The van der Waals surface area contributed by atoms with Gasteiger partial charge < -0.3 is 20.2 Å².